The molecule has 3 aromatic rings. The lowest BCUT2D eigenvalue weighted by molar-refractivity contribution is -0.128. The number of H-pyrrole nitrogens is 1. The zero-order valence-electron chi connectivity index (χ0n) is 16.2. The van der Waals surface area contributed by atoms with Gasteiger partial charge in [-0.25, -0.2) is 4.39 Å². The molecule has 7 heteroatoms. The maximum Gasteiger partial charge on any atom is 0.242 e. The number of hydrogen-bond acceptors (Lipinski definition) is 3. The Balaban J connectivity index is 1.51. The second-order valence-corrected chi connectivity index (χ2v) is 7.93. The summed E-state index contributed by atoms with van der Waals surface area (Å²) in [6.45, 7) is 1.92. The SMILES string of the molecule is CC(=O)N[C@@H](Cc1c[nH]c2ccccc12)C(=O)NCCCSc1ccc(F)cc1. The van der Waals surface area contributed by atoms with E-state index in [-0.39, 0.29) is 17.6 Å². The van der Waals surface area contributed by atoms with Gasteiger partial charge in [0, 0.05) is 41.9 Å². The van der Waals surface area contributed by atoms with E-state index < -0.39 is 6.04 Å². The van der Waals surface area contributed by atoms with Crippen LogP contribution >= 0.6 is 11.8 Å². The smallest absolute Gasteiger partial charge is 0.242 e. The number of thioether (sulfide) groups is 1. The predicted octanol–water partition coefficient (Wildman–Crippen LogP) is 3.65. The fourth-order valence-electron chi connectivity index (χ4n) is 3.10. The number of carbonyl (C=O) groups is 2. The molecule has 0 spiro atoms. The Morgan fingerprint density at radius 2 is 1.90 bits per heavy atom. The summed E-state index contributed by atoms with van der Waals surface area (Å²) in [6.07, 6.45) is 3.07. The van der Waals surface area contributed by atoms with E-state index in [0.717, 1.165) is 33.5 Å². The van der Waals surface area contributed by atoms with Crippen molar-refractivity contribution in [1.82, 2.24) is 15.6 Å². The average Bonchev–Trinajstić information content (AvgIpc) is 3.11. The number of hydrogen-bond donors (Lipinski definition) is 3. The molecule has 1 heterocycles. The van der Waals surface area contributed by atoms with E-state index in [2.05, 4.69) is 15.6 Å². The van der Waals surface area contributed by atoms with Crippen LogP contribution < -0.4 is 10.6 Å². The Morgan fingerprint density at radius 1 is 1.14 bits per heavy atom. The first-order valence-corrected chi connectivity index (χ1v) is 10.5. The van der Waals surface area contributed by atoms with Gasteiger partial charge in [0.1, 0.15) is 11.9 Å². The van der Waals surface area contributed by atoms with Crippen LogP contribution in [0.5, 0.6) is 0 Å². The standard InChI is InChI=1S/C22H24FN3O2S/c1-15(27)26-21(13-16-14-25-20-6-3-2-5-19(16)20)22(28)24-11-4-12-29-18-9-7-17(23)8-10-18/h2-3,5-10,14,21,25H,4,11-13H2,1H3,(H,24,28)(H,26,27)/t21-/m0/s1. The van der Waals surface area contributed by atoms with Gasteiger partial charge in [0.25, 0.3) is 0 Å². The number of nitrogens with one attached hydrogen (secondary N) is 3. The summed E-state index contributed by atoms with van der Waals surface area (Å²) in [5.74, 6) is 0.119. The summed E-state index contributed by atoms with van der Waals surface area (Å²) in [6, 6.07) is 13.6. The van der Waals surface area contributed by atoms with Gasteiger partial charge < -0.3 is 15.6 Å². The van der Waals surface area contributed by atoms with Crippen molar-refractivity contribution < 1.29 is 14.0 Å². The molecule has 3 rings (SSSR count). The average molecular weight is 414 g/mol. The quantitative estimate of drug-likeness (QED) is 0.370. The summed E-state index contributed by atoms with van der Waals surface area (Å²) in [4.78, 5) is 28.4. The molecule has 2 aromatic carbocycles. The zero-order valence-corrected chi connectivity index (χ0v) is 17.0. The van der Waals surface area contributed by atoms with Crippen LogP contribution in [-0.2, 0) is 16.0 Å². The molecule has 1 atom stereocenters. The third kappa shape index (κ3) is 6.09. The van der Waals surface area contributed by atoms with E-state index in [1.54, 1.807) is 23.9 Å². The van der Waals surface area contributed by atoms with E-state index in [9.17, 15) is 14.0 Å². The predicted molar refractivity (Wildman–Crippen MR) is 114 cm³/mol. The van der Waals surface area contributed by atoms with Gasteiger partial charge in [-0.2, -0.15) is 0 Å². The van der Waals surface area contributed by atoms with E-state index >= 15 is 0 Å². The van der Waals surface area contributed by atoms with Crippen molar-refractivity contribution in [3.63, 3.8) is 0 Å². The fraction of sp³-hybridized carbons (Fsp3) is 0.273. The van der Waals surface area contributed by atoms with Gasteiger partial charge >= 0.3 is 0 Å². The third-order valence-electron chi connectivity index (χ3n) is 4.50. The number of amides is 2. The number of rotatable bonds is 9. The first kappa shape index (κ1) is 20.9. The Morgan fingerprint density at radius 3 is 2.66 bits per heavy atom. The number of halogens is 1. The molecular weight excluding hydrogens is 389 g/mol. The number of para-hydroxylation sites is 1. The minimum atomic E-state index is -0.628. The van der Waals surface area contributed by atoms with Crippen molar-refractivity contribution >= 4 is 34.5 Å². The lowest BCUT2D eigenvalue weighted by Gasteiger charge is -2.17. The summed E-state index contributed by atoms with van der Waals surface area (Å²) < 4.78 is 12.9. The van der Waals surface area contributed by atoms with Crippen LogP contribution in [0.2, 0.25) is 0 Å². The van der Waals surface area contributed by atoms with Gasteiger partial charge in [-0.3, -0.25) is 9.59 Å². The van der Waals surface area contributed by atoms with Gasteiger partial charge in [-0.15, -0.1) is 11.8 Å². The summed E-state index contributed by atoms with van der Waals surface area (Å²) in [5, 5.41) is 6.70. The monoisotopic (exact) mass is 413 g/mol. The minimum Gasteiger partial charge on any atom is -0.361 e. The van der Waals surface area contributed by atoms with Crippen LogP contribution in [0.4, 0.5) is 4.39 Å². The Hall–Kier alpha value is -2.80. The molecule has 0 saturated heterocycles. The van der Waals surface area contributed by atoms with Crippen molar-refractivity contribution in [3.05, 3.63) is 66.1 Å². The van der Waals surface area contributed by atoms with E-state index in [4.69, 9.17) is 0 Å². The van der Waals surface area contributed by atoms with Crippen molar-refractivity contribution in [2.75, 3.05) is 12.3 Å². The lowest BCUT2D eigenvalue weighted by Crippen LogP contribution is -2.47. The number of aromatic nitrogens is 1. The highest BCUT2D eigenvalue weighted by molar-refractivity contribution is 7.99. The molecule has 0 bridgehead atoms. The Kier molecular flexibility index (Phi) is 7.30. The van der Waals surface area contributed by atoms with Crippen molar-refractivity contribution in [2.24, 2.45) is 0 Å². The van der Waals surface area contributed by atoms with Gasteiger partial charge in [-0.1, -0.05) is 18.2 Å². The highest BCUT2D eigenvalue weighted by Gasteiger charge is 2.21. The molecule has 2 amide bonds. The van der Waals surface area contributed by atoms with Crippen LogP contribution in [0.15, 0.2) is 59.6 Å². The molecule has 0 aliphatic heterocycles. The van der Waals surface area contributed by atoms with Gasteiger partial charge in [-0.05, 0) is 48.1 Å². The van der Waals surface area contributed by atoms with E-state index in [1.165, 1.54) is 19.1 Å². The van der Waals surface area contributed by atoms with Crippen LogP contribution in [0.1, 0.15) is 18.9 Å². The number of benzene rings is 2. The van der Waals surface area contributed by atoms with Crippen molar-refractivity contribution in [1.29, 1.82) is 0 Å². The first-order valence-electron chi connectivity index (χ1n) is 9.51. The largest absolute Gasteiger partial charge is 0.361 e. The molecular formula is C22H24FN3O2S. The molecule has 0 unspecified atom stereocenters. The molecule has 5 nitrogen and oxygen atoms in total. The molecule has 0 fully saturated rings. The Bertz CT molecular complexity index is 972. The Labute approximate surface area is 173 Å². The second kappa shape index (κ2) is 10.1. The van der Waals surface area contributed by atoms with Gasteiger partial charge in [0.05, 0.1) is 0 Å². The molecule has 0 aliphatic carbocycles. The minimum absolute atomic E-state index is 0.197. The number of carbonyl (C=O) groups excluding carboxylic acids is 2. The molecule has 152 valence electrons. The first-order chi connectivity index (χ1) is 14.0. The lowest BCUT2D eigenvalue weighted by atomic mass is 10.0. The summed E-state index contributed by atoms with van der Waals surface area (Å²) >= 11 is 1.61. The number of aromatic amines is 1. The van der Waals surface area contributed by atoms with Crippen LogP contribution in [-0.4, -0.2) is 35.1 Å². The van der Waals surface area contributed by atoms with E-state index in [0.29, 0.717) is 13.0 Å². The highest BCUT2D eigenvalue weighted by atomic mass is 32.2. The highest BCUT2D eigenvalue weighted by Crippen LogP contribution is 2.20. The van der Waals surface area contributed by atoms with Crippen LogP contribution in [0.3, 0.4) is 0 Å². The third-order valence-corrected chi connectivity index (χ3v) is 5.59. The van der Waals surface area contributed by atoms with Crippen molar-refractivity contribution in [3.8, 4) is 0 Å². The fourth-order valence-corrected chi connectivity index (χ4v) is 3.96. The normalized spacial score (nSPS) is 11.9. The molecule has 0 saturated carbocycles. The number of fused-ring (bicyclic) bond motifs is 1. The zero-order chi connectivity index (χ0) is 20.6. The maximum atomic E-state index is 12.9. The summed E-state index contributed by atoms with van der Waals surface area (Å²) in [7, 11) is 0. The topological polar surface area (TPSA) is 74.0 Å². The summed E-state index contributed by atoms with van der Waals surface area (Å²) in [5.41, 5.74) is 1.99. The maximum absolute atomic E-state index is 12.9. The van der Waals surface area contributed by atoms with E-state index in [1.807, 2.05) is 30.5 Å². The molecule has 1 aromatic heterocycles. The molecule has 3 N–H and O–H groups in total. The molecule has 0 radical (unpaired) electrons. The molecule has 0 aliphatic rings. The van der Waals surface area contributed by atoms with Gasteiger partial charge in [0.15, 0.2) is 0 Å². The molecule has 29 heavy (non-hydrogen) atoms. The second-order valence-electron chi connectivity index (χ2n) is 6.76. The van der Waals surface area contributed by atoms with Gasteiger partial charge in [0.2, 0.25) is 11.8 Å². The van der Waals surface area contributed by atoms with Crippen LogP contribution in [0.25, 0.3) is 10.9 Å². The van der Waals surface area contributed by atoms with Crippen molar-refractivity contribution in [2.45, 2.75) is 30.7 Å². The van der Waals surface area contributed by atoms with Crippen LogP contribution in [0, 0.1) is 5.82 Å².